The van der Waals surface area contributed by atoms with Crippen molar-refractivity contribution in [2.45, 2.75) is 18.9 Å². The molecule has 184 valence electrons. The van der Waals surface area contributed by atoms with Crippen LogP contribution < -0.4 is 24.3 Å². The summed E-state index contributed by atoms with van der Waals surface area (Å²) < 4.78 is 22.1. The van der Waals surface area contributed by atoms with Crippen LogP contribution in [0, 0.1) is 0 Å². The highest BCUT2D eigenvalue weighted by molar-refractivity contribution is 7.80. The van der Waals surface area contributed by atoms with Gasteiger partial charge in [0.05, 0.1) is 34.5 Å². The molecule has 6 nitrogen and oxygen atoms in total. The van der Waals surface area contributed by atoms with E-state index >= 15 is 0 Å². The molecule has 0 saturated carbocycles. The normalized spacial score (nSPS) is 14.7. The molecule has 0 aromatic heterocycles. The SMILES string of the molecule is COc1ccc(C[C@H]2c3cc(OC)c(OC)cc3CCN2C(=S)Nc2ccc(Cl)cc2)cc1OC. The minimum atomic E-state index is -0.0241. The van der Waals surface area contributed by atoms with Gasteiger partial charge in [-0.15, -0.1) is 0 Å². The molecule has 3 aromatic rings. The third-order valence-electron chi connectivity index (χ3n) is 6.24. The number of halogens is 1. The van der Waals surface area contributed by atoms with Gasteiger partial charge in [0.15, 0.2) is 28.1 Å². The van der Waals surface area contributed by atoms with E-state index in [4.69, 9.17) is 42.8 Å². The number of thiocarbonyl (C=S) groups is 1. The summed E-state index contributed by atoms with van der Waals surface area (Å²) in [4.78, 5) is 2.23. The molecule has 0 spiro atoms. The topological polar surface area (TPSA) is 52.2 Å². The predicted octanol–water partition coefficient (Wildman–Crippen LogP) is 5.91. The molecule has 0 amide bonds. The molecule has 1 aliphatic heterocycles. The van der Waals surface area contributed by atoms with Gasteiger partial charge >= 0.3 is 0 Å². The zero-order valence-electron chi connectivity index (χ0n) is 20.3. The summed E-state index contributed by atoms with van der Waals surface area (Å²) in [5.74, 6) is 2.82. The molecule has 0 saturated heterocycles. The first-order valence-corrected chi connectivity index (χ1v) is 12.0. The number of hydrogen-bond donors (Lipinski definition) is 1. The molecule has 0 unspecified atom stereocenters. The minimum absolute atomic E-state index is 0.0241. The summed E-state index contributed by atoms with van der Waals surface area (Å²) in [7, 11) is 6.59. The van der Waals surface area contributed by atoms with E-state index in [1.807, 2.05) is 36.4 Å². The number of fused-ring (bicyclic) bond motifs is 1. The highest BCUT2D eigenvalue weighted by atomic mass is 35.5. The van der Waals surface area contributed by atoms with Crippen molar-refractivity contribution in [2.24, 2.45) is 0 Å². The van der Waals surface area contributed by atoms with Gasteiger partial charge in [-0.3, -0.25) is 0 Å². The van der Waals surface area contributed by atoms with Crippen LogP contribution in [0.25, 0.3) is 0 Å². The van der Waals surface area contributed by atoms with Gasteiger partial charge in [0, 0.05) is 17.3 Å². The van der Waals surface area contributed by atoms with Gasteiger partial charge in [-0.1, -0.05) is 17.7 Å². The van der Waals surface area contributed by atoms with E-state index in [9.17, 15) is 0 Å². The lowest BCUT2D eigenvalue weighted by Crippen LogP contribution is -2.43. The molecule has 1 N–H and O–H groups in total. The Morgan fingerprint density at radius 3 is 2.17 bits per heavy atom. The van der Waals surface area contributed by atoms with Gasteiger partial charge in [-0.05, 0) is 90.3 Å². The van der Waals surface area contributed by atoms with E-state index in [1.165, 1.54) is 5.56 Å². The lowest BCUT2D eigenvalue weighted by molar-refractivity contribution is 0.295. The molecule has 1 atom stereocenters. The molecule has 1 heterocycles. The number of hydrogen-bond acceptors (Lipinski definition) is 5. The number of nitrogens with one attached hydrogen (secondary N) is 1. The zero-order valence-corrected chi connectivity index (χ0v) is 21.8. The molecule has 0 aliphatic carbocycles. The van der Waals surface area contributed by atoms with Crippen molar-refractivity contribution in [3.63, 3.8) is 0 Å². The first-order chi connectivity index (χ1) is 17.0. The van der Waals surface area contributed by atoms with Crippen LogP contribution in [0.5, 0.6) is 23.0 Å². The first kappa shape index (κ1) is 24.9. The van der Waals surface area contributed by atoms with Crippen LogP contribution in [0.15, 0.2) is 54.6 Å². The van der Waals surface area contributed by atoms with Crippen LogP contribution in [-0.4, -0.2) is 45.0 Å². The minimum Gasteiger partial charge on any atom is -0.493 e. The van der Waals surface area contributed by atoms with E-state index in [1.54, 1.807) is 28.4 Å². The summed E-state index contributed by atoms with van der Waals surface area (Å²) in [6.45, 7) is 0.764. The highest BCUT2D eigenvalue weighted by Gasteiger charge is 2.31. The second kappa shape index (κ2) is 11.1. The van der Waals surface area contributed by atoms with Crippen molar-refractivity contribution in [2.75, 3.05) is 40.3 Å². The Kier molecular flexibility index (Phi) is 7.88. The fourth-order valence-electron chi connectivity index (χ4n) is 4.45. The van der Waals surface area contributed by atoms with Crippen LogP contribution in [-0.2, 0) is 12.8 Å². The molecule has 35 heavy (non-hydrogen) atoms. The molecule has 0 radical (unpaired) electrons. The molecule has 3 aromatic carbocycles. The van der Waals surface area contributed by atoms with Gasteiger partial charge < -0.3 is 29.2 Å². The number of anilines is 1. The second-order valence-corrected chi connectivity index (χ2v) is 9.02. The monoisotopic (exact) mass is 512 g/mol. The van der Waals surface area contributed by atoms with Gasteiger partial charge in [0.25, 0.3) is 0 Å². The Morgan fingerprint density at radius 1 is 0.886 bits per heavy atom. The van der Waals surface area contributed by atoms with Crippen LogP contribution in [0.4, 0.5) is 5.69 Å². The number of benzene rings is 3. The number of nitrogens with zero attached hydrogens (tertiary/aromatic N) is 1. The maximum Gasteiger partial charge on any atom is 0.173 e. The maximum atomic E-state index is 6.05. The van der Waals surface area contributed by atoms with Crippen molar-refractivity contribution >= 4 is 34.6 Å². The maximum absolute atomic E-state index is 6.05. The number of rotatable bonds is 7. The average molecular weight is 513 g/mol. The van der Waals surface area contributed by atoms with Crippen LogP contribution >= 0.6 is 23.8 Å². The molecule has 0 fully saturated rings. The Labute approximate surface area is 216 Å². The average Bonchev–Trinajstić information content (AvgIpc) is 2.89. The molecule has 8 heteroatoms. The van der Waals surface area contributed by atoms with Gasteiger partial charge in [-0.2, -0.15) is 0 Å². The first-order valence-electron chi connectivity index (χ1n) is 11.3. The van der Waals surface area contributed by atoms with E-state index < -0.39 is 0 Å². The van der Waals surface area contributed by atoms with Crippen molar-refractivity contribution in [3.8, 4) is 23.0 Å². The van der Waals surface area contributed by atoms with E-state index in [0.29, 0.717) is 33.8 Å². The van der Waals surface area contributed by atoms with Crippen molar-refractivity contribution in [3.05, 3.63) is 76.3 Å². The van der Waals surface area contributed by atoms with Crippen LogP contribution in [0.3, 0.4) is 0 Å². The highest BCUT2D eigenvalue weighted by Crippen LogP contribution is 2.40. The Hall–Kier alpha value is -3.16. The third kappa shape index (κ3) is 5.41. The fraction of sp³-hybridized carbons (Fsp3) is 0.296. The number of ether oxygens (including phenoxy) is 4. The Bertz CT molecular complexity index is 1200. The van der Waals surface area contributed by atoms with Gasteiger partial charge in [-0.25, -0.2) is 0 Å². The van der Waals surface area contributed by atoms with E-state index in [2.05, 4.69) is 28.4 Å². The van der Waals surface area contributed by atoms with Gasteiger partial charge in [0.2, 0.25) is 0 Å². The third-order valence-corrected chi connectivity index (χ3v) is 6.82. The van der Waals surface area contributed by atoms with E-state index in [-0.39, 0.29) is 6.04 Å². The van der Waals surface area contributed by atoms with Gasteiger partial charge in [0.1, 0.15) is 0 Å². The fourth-order valence-corrected chi connectivity index (χ4v) is 4.91. The zero-order chi connectivity index (χ0) is 24.9. The quantitative estimate of drug-likeness (QED) is 0.395. The standard InChI is InChI=1S/C27H29ClN2O4S/c1-31-23-10-5-17(14-24(23)32-2)13-22-21-16-26(34-4)25(33-3)15-18(21)11-12-30(22)27(35)29-20-8-6-19(28)7-9-20/h5-10,14-16,22H,11-13H2,1-4H3,(H,29,35)/t22-/m0/s1. The van der Waals surface area contributed by atoms with Crippen molar-refractivity contribution in [1.82, 2.24) is 4.90 Å². The lowest BCUT2D eigenvalue weighted by atomic mass is 9.88. The van der Waals surface area contributed by atoms with Crippen LogP contribution in [0.2, 0.25) is 5.02 Å². The Balaban J connectivity index is 1.71. The summed E-state index contributed by atoms with van der Waals surface area (Å²) >= 11 is 11.9. The summed E-state index contributed by atoms with van der Waals surface area (Å²) in [6.07, 6.45) is 1.55. The Morgan fingerprint density at radius 2 is 1.51 bits per heavy atom. The second-order valence-electron chi connectivity index (χ2n) is 8.20. The lowest BCUT2D eigenvalue weighted by Gasteiger charge is -2.39. The summed E-state index contributed by atoms with van der Waals surface area (Å²) in [5.41, 5.74) is 4.37. The van der Waals surface area contributed by atoms with Crippen molar-refractivity contribution < 1.29 is 18.9 Å². The van der Waals surface area contributed by atoms with Crippen LogP contribution in [0.1, 0.15) is 22.7 Å². The molecular formula is C27H29ClN2O4S. The predicted molar refractivity (Wildman–Crippen MR) is 144 cm³/mol. The summed E-state index contributed by atoms with van der Waals surface area (Å²) in [5, 5.41) is 4.71. The van der Waals surface area contributed by atoms with Crippen molar-refractivity contribution in [1.29, 1.82) is 0 Å². The van der Waals surface area contributed by atoms with E-state index in [0.717, 1.165) is 35.5 Å². The molecule has 1 aliphatic rings. The molecular weight excluding hydrogens is 484 g/mol. The number of methoxy groups -OCH3 is 4. The largest absolute Gasteiger partial charge is 0.493 e. The molecule has 4 rings (SSSR count). The smallest absolute Gasteiger partial charge is 0.173 e. The molecule has 0 bridgehead atoms. The summed E-state index contributed by atoms with van der Waals surface area (Å²) in [6, 6.07) is 17.6.